The van der Waals surface area contributed by atoms with E-state index in [0.717, 1.165) is 45.6 Å². The molecule has 1 heterocycles. The first-order valence-corrected chi connectivity index (χ1v) is 14.2. The van der Waals surface area contributed by atoms with E-state index in [-0.39, 0.29) is 17.4 Å². The third-order valence-corrected chi connectivity index (χ3v) is 8.36. The van der Waals surface area contributed by atoms with Crippen LogP contribution in [0.5, 0.6) is 5.75 Å². The molecule has 4 rings (SSSR count). The Kier molecular flexibility index (Phi) is 8.28. The van der Waals surface area contributed by atoms with Crippen LogP contribution in [0.3, 0.4) is 0 Å². The highest BCUT2D eigenvalue weighted by atomic mass is 79.9. The van der Waals surface area contributed by atoms with Gasteiger partial charge >= 0.3 is 0 Å². The zero-order valence-electron chi connectivity index (χ0n) is 21.3. The molecule has 0 bridgehead atoms. The third kappa shape index (κ3) is 6.39. The van der Waals surface area contributed by atoms with Crippen molar-refractivity contribution in [1.29, 1.82) is 0 Å². The minimum Gasteiger partial charge on any atom is -0.490 e. The van der Waals surface area contributed by atoms with Gasteiger partial charge in [0, 0.05) is 31.8 Å². The number of carbonyl (C=O) groups is 1. The molecule has 1 aliphatic carbocycles. The number of fused-ring (bicyclic) bond motifs is 1. The van der Waals surface area contributed by atoms with Gasteiger partial charge in [0.2, 0.25) is 0 Å². The van der Waals surface area contributed by atoms with Gasteiger partial charge in [-0.3, -0.25) is 4.79 Å². The molecule has 1 aliphatic rings. The molecule has 0 aliphatic heterocycles. The molecule has 1 atom stereocenters. The summed E-state index contributed by atoms with van der Waals surface area (Å²) in [6.07, 6.45) is 4.77. The summed E-state index contributed by atoms with van der Waals surface area (Å²) in [7, 11) is 0. The van der Waals surface area contributed by atoms with Gasteiger partial charge in [0.05, 0.1) is 11.7 Å². The summed E-state index contributed by atoms with van der Waals surface area (Å²) >= 11 is 11.2. The van der Waals surface area contributed by atoms with Crippen molar-refractivity contribution in [2.45, 2.75) is 60.0 Å². The molecule has 0 radical (unpaired) electrons. The second-order valence-electron chi connectivity index (χ2n) is 10.6. The third-order valence-electron chi connectivity index (χ3n) is 6.46. The smallest absolute Gasteiger partial charge is 0.259 e. The van der Waals surface area contributed by atoms with Crippen molar-refractivity contribution in [3.8, 4) is 5.75 Å². The van der Waals surface area contributed by atoms with Crippen molar-refractivity contribution < 1.29 is 9.53 Å². The average Bonchev–Trinajstić information content (AvgIpc) is 3.17. The Morgan fingerprint density at radius 1 is 1.22 bits per heavy atom. The Morgan fingerprint density at radius 2 is 1.94 bits per heavy atom. The van der Waals surface area contributed by atoms with Crippen LogP contribution in [-0.4, -0.2) is 18.2 Å². The molecule has 1 N–H and O–H groups in total. The van der Waals surface area contributed by atoms with E-state index in [4.69, 9.17) is 21.3 Å². The van der Waals surface area contributed by atoms with Crippen molar-refractivity contribution in [2.75, 3.05) is 5.32 Å². The predicted molar refractivity (Wildman–Crippen MR) is 156 cm³/mol. The molecule has 7 heteroatoms. The highest BCUT2D eigenvalue weighted by Crippen LogP contribution is 2.45. The van der Waals surface area contributed by atoms with Crippen LogP contribution >= 0.6 is 38.9 Å². The number of carbonyl (C=O) groups excluding carboxylic acids is 1. The number of thiophene rings is 1. The molecule has 3 aromatic rings. The van der Waals surface area contributed by atoms with Crippen molar-refractivity contribution in [1.82, 2.24) is 0 Å². The Balaban J connectivity index is 1.73. The van der Waals surface area contributed by atoms with E-state index >= 15 is 0 Å². The van der Waals surface area contributed by atoms with Gasteiger partial charge in [0.25, 0.3) is 5.91 Å². The molecule has 36 heavy (non-hydrogen) atoms. The zero-order valence-corrected chi connectivity index (χ0v) is 24.5. The molecule has 0 unspecified atom stereocenters. The lowest BCUT2D eigenvalue weighted by molar-refractivity contribution is 0.102. The van der Waals surface area contributed by atoms with E-state index in [1.807, 2.05) is 44.2 Å². The van der Waals surface area contributed by atoms with Crippen molar-refractivity contribution in [2.24, 2.45) is 16.3 Å². The van der Waals surface area contributed by atoms with Gasteiger partial charge < -0.3 is 10.1 Å². The maximum atomic E-state index is 13.6. The summed E-state index contributed by atoms with van der Waals surface area (Å²) in [5.41, 5.74) is 3.60. The van der Waals surface area contributed by atoms with Crippen LogP contribution in [0.15, 0.2) is 51.9 Å². The monoisotopic (exact) mass is 586 g/mol. The number of anilines is 1. The van der Waals surface area contributed by atoms with Gasteiger partial charge in [-0.25, -0.2) is 4.99 Å². The van der Waals surface area contributed by atoms with Gasteiger partial charge in [-0.2, -0.15) is 0 Å². The summed E-state index contributed by atoms with van der Waals surface area (Å²) in [5.74, 6) is 1.20. The minimum absolute atomic E-state index is 0.0439. The maximum Gasteiger partial charge on any atom is 0.259 e. The van der Waals surface area contributed by atoms with Gasteiger partial charge in [0.15, 0.2) is 0 Å². The number of rotatable bonds is 6. The van der Waals surface area contributed by atoms with Crippen molar-refractivity contribution >= 4 is 61.7 Å². The minimum atomic E-state index is -0.135. The molecule has 0 saturated carbocycles. The Labute approximate surface area is 231 Å². The number of nitrogens with zero attached hydrogens (tertiary/aromatic N) is 1. The van der Waals surface area contributed by atoms with E-state index in [2.05, 4.69) is 42.0 Å². The van der Waals surface area contributed by atoms with E-state index in [1.54, 1.807) is 29.7 Å². The quantitative estimate of drug-likeness (QED) is 0.292. The van der Waals surface area contributed by atoms with Crippen molar-refractivity contribution in [3.63, 3.8) is 0 Å². The lowest BCUT2D eigenvalue weighted by Gasteiger charge is -2.33. The number of benzene rings is 2. The van der Waals surface area contributed by atoms with E-state index in [0.29, 0.717) is 22.2 Å². The molecular formula is C29H32BrClN2O2S. The number of ether oxygens (including phenoxy) is 1. The summed E-state index contributed by atoms with van der Waals surface area (Å²) < 4.78 is 6.93. The van der Waals surface area contributed by atoms with Crippen LogP contribution in [-0.2, 0) is 12.8 Å². The fourth-order valence-corrected chi connectivity index (χ4v) is 6.25. The summed E-state index contributed by atoms with van der Waals surface area (Å²) in [5, 5.41) is 4.42. The molecule has 1 amide bonds. The van der Waals surface area contributed by atoms with Crippen LogP contribution in [0.2, 0.25) is 5.02 Å². The Bertz CT molecular complexity index is 1280. The Morgan fingerprint density at radius 3 is 2.61 bits per heavy atom. The fraction of sp³-hybridized carbons (Fsp3) is 0.379. The van der Waals surface area contributed by atoms with Gasteiger partial charge in [0.1, 0.15) is 10.8 Å². The maximum absolute atomic E-state index is 13.6. The van der Waals surface area contributed by atoms with Crippen LogP contribution in [0, 0.1) is 11.3 Å². The Hall–Kier alpha value is -2.15. The number of hydrogen-bond donors (Lipinski definition) is 1. The van der Waals surface area contributed by atoms with Crippen LogP contribution < -0.4 is 10.1 Å². The van der Waals surface area contributed by atoms with Crippen molar-refractivity contribution in [3.05, 3.63) is 73.5 Å². The number of halogens is 2. The topological polar surface area (TPSA) is 50.7 Å². The highest BCUT2D eigenvalue weighted by Gasteiger charge is 2.33. The second kappa shape index (κ2) is 11.1. The number of hydrogen-bond acceptors (Lipinski definition) is 4. The van der Waals surface area contributed by atoms with Crippen LogP contribution in [0.4, 0.5) is 10.7 Å². The van der Waals surface area contributed by atoms with Crippen LogP contribution in [0.1, 0.15) is 67.4 Å². The summed E-state index contributed by atoms with van der Waals surface area (Å²) in [4.78, 5) is 19.7. The fourth-order valence-electron chi connectivity index (χ4n) is 4.47. The van der Waals surface area contributed by atoms with Gasteiger partial charge in [-0.15, -0.1) is 11.3 Å². The van der Waals surface area contributed by atoms with E-state index < -0.39 is 0 Å². The zero-order chi connectivity index (χ0) is 26.0. The predicted octanol–water partition coefficient (Wildman–Crippen LogP) is 9.11. The first kappa shape index (κ1) is 26.9. The van der Waals surface area contributed by atoms with E-state index in [1.165, 1.54) is 4.88 Å². The van der Waals surface area contributed by atoms with Crippen LogP contribution in [0.25, 0.3) is 0 Å². The standard InChI is InChI=1S/C29H32BrClN2O2S/c1-17(2)35-24-13-7-20(30)14-18(24)16-32-28-26(27(34)33-22-10-8-21(31)9-11-22)23-12-6-19(29(3,4)5)15-25(23)36-28/h7-11,13-14,16-17,19H,6,12,15H2,1-5H3,(H,33,34)/t19-/m1/s1. The lowest BCUT2D eigenvalue weighted by Crippen LogP contribution is -2.27. The van der Waals surface area contributed by atoms with E-state index in [9.17, 15) is 4.79 Å². The normalized spacial score (nSPS) is 15.8. The largest absolute Gasteiger partial charge is 0.490 e. The lowest BCUT2D eigenvalue weighted by atomic mass is 9.72. The SMILES string of the molecule is CC(C)Oc1ccc(Br)cc1C=Nc1sc2c(c1C(=O)Nc1ccc(Cl)cc1)CC[C@@H](C(C)(C)C)C2. The summed E-state index contributed by atoms with van der Waals surface area (Å²) in [6, 6.07) is 13.1. The molecular weight excluding hydrogens is 556 g/mol. The molecule has 0 saturated heterocycles. The number of amides is 1. The summed E-state index contributed by atoms with van der Waals surface area (Å²) in [6.45, 7) is 10.9. The number of nitrogens with one attached hydrogen (secondary N) is 1. The molecule has 4 nitrogen and oxygen atoms in total. The van der Waals surface area contributed by atoms with Gasteiger partial charge in [-0.1, -0.05) is 48.3 Å². The second-order valence-corrected chi connectivity index (χ2v) is 13.0. The average molecular weight is 588 g/mol. The number of aliphatic imine (C=N–C) groups is 1. The molecule has 2 aromatic carbocycles. The highest BCUT2D eigenvalue weighted by molar-refractivity contribution is 9.10. The first-order chi connectivity index (χ1) is 17.0. The molecule has 1 aromatic heterocycles. The van der Waals surface area contributed by atoms with Gasteiger partial charge in [-0.05, 0) is 92.5 Å². The first-order valence-electron chi connectivity index (χ1n) is 12.2. The molecule has 0 fully saturated rings. The molecule has 0 spiro atoms. The molecule has 190 valence electrons.